The molecule has 1 heterocycles. The van der Waals surface area contributed by atoms with Gasteiger partial charge in [-0.05, 0) is 6.42 Å². The molecule has 4 heteroatoms. The van der Waals surface area contributed by atoms with Crippen LogP contribution in [0.25, 0.3) is 0 Å². The highest BCUT2D eigenvalue weighted by Crippen LogP contribution is 2.18. The number of carbonyl (C=O) groups is 1. The van der Waals surface area contributed by atoms with E-state index in [1.165, 1.54) is 0 Å². The summed E-state index contributed by atoms with van der Waals surface area (Å²) in [5.74, 6) is -0.435. The first-order valence-corrected chi connectivity index (χ1v) is 4.09. The van der Waals surface area contributed by atoms with Gasteiger partial charge in [0.1, 0.15) is 6.04 Å². The third-order valence-corrected chi connectivity index (χ3v) is 1.82. The first-order chi connectivity index (χ1) is 5.65. The molecule has 0 amide bonds. The standard InChI is InChI=1S/C8H13NO3/c1-3-4-6-7(8(10)11)12-5(2)9-6/h6-7H,3-4H2,1-2H3,(H,10,11). The Labute approximate surface area is 71.3 Å². The maximum atomic E-state index is 10.6. The summed E-state index contributed by atoms with van der Waals surface area (Å²) in [6, 6.07) is -0.188. The number of hydrogen-bond acceptors (Lipinski definition) is 3. The first kappa shape index (κ1) is 9.03. The summed E-state index contributed by atoms with van der Waals surface area (Å²) in [6.07, 6.45) is 0.938. The highest BCUT2D eigenvalue weighted by Gasteiger charge is 2.34. The Morgan fingerprint density at radius 1 is 1.75 bits per heavy atom. The van der Waals surface area contributed by atoms with Crippen molar-refractivity contribution in [3.63, 3.8) is 0 Å². The Kier molecular flexibility index (Phi) is 2.68. The van der Waals surface area contributed by atoms with E-state index < -0.39 is 12.1 Å². The van der Waals surface area contributed by atoms with E-state index in [4.69, 9.17) is 9.84 Å². The molecule has 0 bridgehead atoms. The zero-order valence-corrected chi connectivity index (χ0v) is 7.28. The molecule has 4 nitrogen and oxygen atoms in total. The van der Waals surface area contributed by atoms with Gasteiger partial charge in [0.15, 0.2) is 5.90 Å². The molecular weight excluding hydrogens is 158 g/mol. The van der Waals surface area contributed by atoms with Gasteiger partial charge in [0.2, 0.25) is 6.10 Å². The normalized spacial score (nSPS) is 28.0. The van der Waals surface area contributed by atoms with Crippen molar-refractivity contribution in [2.75, 3.05) is 0 Å². The van der Waals surface area contributed by atoms with Crippen molar-refractivity contribution in [2.24, 2.45) is 4.99 Å². The minimum absolute atomic E-state index is 0.188. The van der Waals surface area contributed by atoms with Crippen LogP contribution in [0.15, 0.2) is 4.99 Å². The Balaban J connectivity index is 2.61. The van der Waals surface area contributed by atoms with Gasteiger partial charge in [0.05, 0.1) is 0 Å². The molecule has 0 radical (unpaired) electrons. The second kappa shape index (κ2) is 3.56. The molecule has 2 atom stereocenters. The number of aliphatic carboxylic acids is 1. The molecule has 0 fully saturated rings. The van der Waals surface area contributed by atoms with E-state index in [1.807, 2.05) is 6.92 Å². The molecule has 1 N–H and O–H groups in total. The molecule has 2 unspecified atom stereocenters. The topological polar surface area (TPSA) is 58.9 Å². The van der Waals surface area contributed by atoms with Gasteiger partial charge in [0, 0.05) is 6.92 Å². The Hall–Kier alpha value is -1.06. The number of carboxylic acids is 1. The third-order valence-electron chi connectivity index (χ3n) is 1.82. The van der Waals surface area contributed by atoms with E-state index in [2.05, 4.69) is 4.99 Å². The van der Waals surface area contributed by atoms with Crippen molar-refractivity contribution in [3.8, 4) is 0 Å². The van der Waals surface area contributed by atoms with Crippen LogP contribution in [0, 0.1) is 0 Å². The number of hydrogen-bond donors (Lipinski definition) is 1. The number of aliphatic imine (C=N–C) groups is 1. The number of carboxylic acid groups (broad SMARTS) is 1. The van der Waals surface area contributed by atoms with Gasteiger partial charge >= 0.3 is 5.97 Å². The van der Waals surface area contributed by atoms with Crippen LogP contribution in [0.5, 0.6) is 0 Å². The predicted octanol–water partition coefficient (Wildman–Crippen LogP) is 1.06. The lowest BCUT2D eigenvalue weighted by Gasteiger charge is -2.11. The molecule has 1 rings (SSSR count). The van der Waals surface area contributed by atoms with E-state index in [-0.39, 0.29) is 6.04 Å². The lowest BCUT2D eigenvalue weighted by atomic mass is 10.1. The van der Waals surface area contributed by atoms with Crippen LogP contribution >= 0.6 is 0 Å². The molecule has 1 aliphatic heterocycles. The van der Waals surface area contributed by atoms with E-state index in [9.17, 15) is 4.79 Å². The molecule has 68 valence electrons. The fourth-order valence-electron chi connectivity index (χ4n) is 1.32. The highest BCUT2D eigenvalue weighted by molar-refractivity contribution is 5.83. The number of nitrogens with zero attached hydrogens (tertiary/aromatic N) is 1. The summed E-state index contributed by atoms with van der Waals surface area (Å²) < 4.78 is 5.04. The van der Waals surface area contributed by atoms with Gasteiger partial charge in [0.25, 0.3) is 0 Å². The molecular formula is C8H13NO3. The average Bonchev–Trinajstić information content (AvgIpc) is 2.32. The largest absolute Gasteiger partial charge is 0.478 e. The number of ether oxygens (including phenoxy) is 1. The van der Waals surface area contributed by atoms with Crippen LogP contribution < -0.4 is 0 Å². The second-order valence-corrected chi connectivity index (χ2v) is 2.88. The maximum Gasteiger partial charge on any atom is 0.347 e. The van der Waals surface area contributed by atoms with Crippen LogP contribution in [0.4, 0.5) is 0 Å². The molecule has 0 aliphatic carbocycles. The smallest absolute Gasteiger partial charge is 0.347 e. The lowest BCUT2D eigenvalue weighted by molar-refractivity contribution is -0.145. The summed E-state index contributed by atoms with van der Waals surface area (Å²) in [7, 11) is 0. The third kappa shape index (κ3) is 1.75. The van der Waals surface area contributed by atoms with Crippen molar-refractivity contribution >= 4 is 11.9 Å². The minimum atomic E-state index is -0.922. The predicted molar refractivity (Wildman–Crippen MR) is 44.3 cm³/mol. The van der Waals surface area contributed by atoms with Crippen LogP contribution in [0.1, 0.15) is 26.7 Å². The van der Waals surface area contributed by atoms with Crippen LogP contribution in [0.2, 0.25) is 0 Å². The number of rotatable bonds is 3. The van der Waals surface area contributed by atoms with Crippen molar-refractivity contribution in [1.82, 2.24) is 0 Å². The fourth-order valence-corrected chi connectivity index (χ4v) is 1.32. The fraction of sp³-hybridized carbons (Fsp3) is 0.750. The van der Waals surface area contributed by atoms with Crippen LogP contribution in [-0.2, 0) is 9.53 Å². The van der Waals surface area contributed by atoms with Crippen LogP contribution in [-0.4, -0.2) is 29.1 Å². The molecule has 0 aromatic heterocycles. The van der Waals surface area contributed by atoms with Gasteiger partial charge in [-0.15, -0.1) is 0 Å². The molecule has 0 saturated heterocycles. The Bertz CT molecular complexity index is 212. The molecule has 12 heavy (non-hydrogen) atoms. The molecule has 0 spiro atoms. The molecule has 1 aliphatic rings. The van der Waals surface area contributed by atoms with E-state index >= 15 is 0 Å². The molecule has 0 aromatic carbocycles. The molecule has 0 aromatic rings. The van der Waals surface area contributed by atoms with Gasteiger partial charge in [-0.1, -0.05) is 13.3 Å². The first-order valence-electron chi connectivity index (χ1n) is 4.09. The van der Waals surface area contributed by atoms with Crippen LogP contribution in [0.3, 0.4) is 0 Å². The van der Waals surface area contributed by atoms with E-state index in [1.54, 1.807) is 6.92 Å². The summed E-state index contributed by atoms with van der Waals surface area (Å²) in [5.41, 5.74) is 0. The summed E-state index contributed by atoms with van der Waals surface area (Å²) in [6.45, 7) is 3.69. The van der Waals surface area contributed by atoms with Crippen molar-refractivity contribution < 1.29 is 14.6 Å². The van der Waals surface area contributed by atoms with Crippen molar-refractivity contribution in [2.45, 2.75) is 38.8 Å². The van der Waals surface area contributed by atoms with E-state index in [0.717, 1.165) is 12.8 Å². The Morgan fingerprint density at radius 3 is 2.92 bits per heavy atom. The zero-order valence-electron chi connectivity index (χ0n) is 7.28. The monoisotopic (exact) mass is 171 g/mol. The molecule has 0 saturated carbocycles. The van der Waals surface area contributed by atoms with Crippen molar-refractivity contribution in [1.29, 1.82) is 0 Å². The summed E-state index contributed by atoms with van der Waals surface area (Å²) in [5, 5.41) is 8.73. The minimum Gasteiger partial charge on any atom is -0.478 e. The van der Waals surface area contributed by atoms with Crippen molar-refractivity contribution in [3.05, 3.63) is 0 Å². The Morgan fingerprint density at radius 2 is 2.42 bits per heavy atom. The van der Waals surface area contributed by atoms with E-state index in [0.29, 0.717) is 5.90 Å². The van der Waals surface area contributed by atoms with Gasteiger partial charge in [-0.3, -0.25) is 0 Å². The highest BCUT2D eigenvalue weighted by atomic mass is 16.5. The van der Waals surface area contributed by atoms with Gasteiger partial charge < -0.3 is 9.84 Å². The lowest BCUT2D eigenvalue weighted by Crippen LogP contribution is -2.31. The van der Waals surface area contributed by atoms with Gasteiger partial charge in [-0.2, -0.15) is 0 Å². The summed E-state index contributed by atoms with van der Waals surface area (Å²) in [4.78, 5) is 14.7. The average molecular weight is 171 g/mol. The second-order valence-electron chi connectivity index (χ2n) is 2.88. The SMILES string of the molecule is CCCC1N=C(C)OC1C(=O)O. The maximum absolute atomic E-state index is 10.6. The quantitative estimate of drug-likeness (QED) is 0.690. The summed E-state index contributed by atoms with van der Waals surface area (Å²) >= 11 is 0. The van der Waals surface area contributed by atoms with Gasteiger partial charge in [-0.25, -0.2) is 9.79 Å². The zero-order chi connectivity index (χ0) is 9.14.